The Balaban J connectivity index is 1.94. The quantitative estimate of drug-likeness (QED) is 0.883. The van der Waals surface area contributed by atoms with Crippen LogP contribution in [0.3, 0.4) is 0 Å². The van der Waals surface area contributed by atoms with Crippen LogP contribution < -0.4 is 5.73 Å². The van der Waals surface area contributed by atoms with E-state index in [-0.39, 0.29) is 6.04 Å². The van der Waals surface area contributed by atoms with Crippen molar-refractivity contribution in [1.82, 2.24) is 9.78 Å². The van der Waals surface area contributed by atoms with Crippen molar-refractivity contribution >= 4 is 11.6 Å². The van der Waals surface area contributed by atoms with E-state index < -0.39 is 0 Å². The van der Waals surface area contributed by atoms with Crippen LogP contribution in [0.4, 0.5) is 0 Å². The van der Waals surface area contributed by atoms with Gasteiger partial charge in [-0.05, 0) is 43.5 Å². The fourth-order valence-electron chi connectivity index (χ4n) is 2.23. The number of nitrogens with two attached hydrogens (primary N) is 1. The minimum Gasteiger partial charge on any atom is -0.327 e. The number of hydrogen-bond acceptors (Lipinski definition) is 2. The van der Waals surface area contributed by atoms with Gasteiger partial charge in [-0.3, -0.25) is 4.68 Å². The summed E-state index contributed by atoms with van der Waals surface area (Å²) in [6, 6.07) is 10.4. The molecule has 2 atom stereocenters. The van der Waals surface area contributed by atoms with Crippen LogP contribution in [-0.4, -0.2) is 15.8 Å². The first-order chi connectivity index (χ1) is 9.58. The SMILES string of the molecule is CCC(C)n1ccc(CC(N)Cc2cccc(Cl)c2)n1. The molecular weight excluding hydrogens is 270 g/mol. The van der Waals surface area contributed by atoms with Gasteiger partial charge < -0.3 is 5.73 Å². The van der Waals surface area contributed by atoms with Gasteiger partial charge in [0, 0.05) is 29.7 Å². The zero-order chi connectivity index (χ0) is 14.5. The fraction of sp³-hybridized carbons (Fsp3) is 0.438. The smallest absolute Gasteiger partial charge is 0.0640 e. The molecule has 0 radical (unpaired) electrons. The lowest BCUT2D eigenvalue weighted by Crippen LogP contribution is -2.25. The van der Waals surface area contributed by atoms with Gasteiger partial charge in [0.05, 0.1) is 5.69 Å². The summed E-state index contributed by atoms with van der Waals surface area (Å²) >= 11 is 5.99. The summed E-state index contributed by atoms with van der Waals surface area (Å²) in [5, 5.41) is 5.35. The maximum absolute atomic E-state index is 6.21. The van der Waals surface area contributed by atoms with Gasteiger partial charge in [0.15, 0.2) is 0 Å². The Morgan fingerprint density at radius 3 is 2.80 bits per heavy atom. The molecule has 0 fully saturated rings. The predicted molar refractivity (Wildman–Crippen MR) is 84.1 cm³/mol. The normalized spacial score (nSPS) is 14.2. The average molecular weight is 292 g/mol. The molecule has 1 aromatic heterocycles. The van der Waals surface area contributed by atoms with Crippen molar-refractivity contribution in [2.45, 2.75) is 45.2 Å². The molecule has 0 aliphatic heterocycles. The van der Waals surface area contributed by atoms with Gasteiger partial charge in [-0.25, -0.2) is 0 Å². The summed E-state index contributed by atoms with van der Waals surface area (Å²) < 4.78 is 2.02. The lowest BCUT2D eigenvalue weighted by molar-refractivity contribution is 0.471. The summed E-state index contributed by atoms with van der Waals surface area (Å²) in [6.07, 6.45) is 4.72. The van der Waals surface area contributed by atoms with Crippen molar-refractivity contribution < 1.29 is 0 Å². The first-order valence-corrected chi connectivity index (χ1v) is 7.50. The number of benzene rings is 1. The van der Waals surface area contributed by atoms with Crippen LogP contribution in [0.1, 0.15) is 37.6 Å². The van der Waals surface area contributed by atoms with E-state index >= 15 is 0 Å². The summed E-state index contributed by atoms with van der Waals surface area (Å²) in [7, 11) is 0. The fourth-order valence-corrected chi connectivity index (χ4v) is 2.44. The molecule has 108 valence electrons. The molecule has 0 aliphatic carbocycles. The Morgan fingerprint density at radius 2 is 2.10 bits per heavy atom. The van der Waals surface area contributed by atoms with Gasteiger partial charge in [0.1, 0.15) is 0 Å². The summed E-state index contributed by atoms with van der Waals surface area (Å²) in [5.41, 5.74) is 8.44. The van der Waals surface area contributed by atoms with Crippen molar-refractivity contribution in [2.24, 2.45) is 5.73 Å². The van der Waals surface area contributed by atoms with Crippen molar-refractivity contribution in [1.29, 1.82) is 0 Å². The van der Waals surface area contributed by atoms with Gasteiger partial charge in [-0.1, -0.05) is 30.7 Å². The van der Waals surface area contributed by atoms with E-state index in [1.807, 2.05) is 29.1 Å². The van der Waals surface area contributed by atoms with Crippen molar-refractivity contribution in [3.05, 3.63) is 52.8 Å². The molecule has 0 amide bonds. The van der Waals surface area contributed by atoms with E-state index in [0.717, 1.165) is 30.0 Å². The van der Waals surface area contributed by atoms with Crippen molar-refractivity contribution in [3.8, 4) is 0 Å². The van der Waals surface area contributed by atoms with Gasteiger partial charge in [-0.15, -0.1) is 0 Å². The highest BCUT2D eigenvalue weighted by atomic mass is 35.5. The minimum absolute atomic E-state index is 0.0637. The van der Waals surface area contributed by atoms with Gasteiger partial charge in [0.25, 0.3) is 0 Å². The highest BCUT2D eigenvalue weighted by molar-refractivity contribution is 6.30. The maximum Gasteiger partial charge on any atom is 0.0640 e. The van der Waals surface area contributed by atoms with Crippen LogP contribution in [0.15, 0.2) is 36.5 Å². The second-order valence-corrected chi connectivity index (χ2v) is 5.78. The van der Waals surface area contributed by atoms with Crippen LogP contribution >= 0.6 is 11.6 Å². The van der Waals surface area contributed by atoms with Crippen LogP contribution in [0.5, 0.6) is 0 Å². The first kappa shape index (κ1) is 15.1. The Bertz CT molecular complexity index is 550. The number of rotatable bonds is 6. The third kappa shape index (κ3) is 4.09. The number of hydrogen-bond donors (Lipinski definition) is 1. The molecule has 2 rings (SSSR count). The van der Waals surface area contributed by atoms with Crippen molar-refractivity contribution in [3.63, 3.8) is 0 Å². The van der Waals surface area contributed by atoms with Gasteiger partial charge in [-0.2, -0.15) is 5.10 Å². The van der Waals surface area contributed by atoms with E-state index in [2.05, 4.69) is 31.1 Å². The molecule has 0 spiro atoms. The number of halogens is 1. The molecule has 2 N–H and O–H groups in total. The lowest BCUT2D eigenvalue weighted by atomic mass is 10.0. The Kier molecular flexibility index (Phi) is 5.21. The van der Waals surface area contributed by atoms with Crippen LogP contribution in [-0.2, 0) is 12.8 Å². The van der Waals surface area contributed by atoms with Gasteiger partial charge in [0.2, 0.25) is 0 Å². The monoisotopic (exact) mass is 291 g/mol. The van der Waals surface area contributed by atoms with E-state index in [1.54, 1.807) is 0 Å². The Hall–Kier alpha value is -1.32. The zero-order valence-corrected chi connectivity index (χ0v) is 12.8. The van der Waals surface area contributed by atoms with Crippen LogP contribution in [0.25, 0.3) is 0 Å². The van der Waals surface area contributed by atoms with Crippen LogP contribution in [0, 0.1) is 0 Å². The molecule has 0 bridgehead atoms. The highest BCUT2D eigenvalue weighted by Crippen LogP contribution is 2.14. The second-order valence-electron chi connectivity index (χ2n) is 5.34. The number of nitrogens with zero attached hydrogens (tertiary/aromatic N) is 2. The molecule has 3 nitrogen and oxygen atoms in total. The highest BCUT2D eigenvalue weighted by Gasteiger charge is 2.10. The summed E-state index contributed by atoms with van der Waals surface area (Å²) in [5.74, 6) is 0. The molecular formula is C16H22ClN3. The summed E-state index contributed by atoms with van der Waals surface area (Å²) in [4.78, 5) is 0. The number of aromatic nitrogens is 2. The van der Waals surface area contributed by atoms with E-state index in [4.69, 9.17) is 17.3 Å². The third-order valence-electron chi connectivity index (χ3n) is 3.56. The Morgan fingerprint density at radius 1 is 1.30 bits per heavy atom. The second kappa shape index (κ2) is 6.91. The minimum atomic E-state index is 0.0637. The zero-order valence-electron chi connectivity index (χ0n) is 12.1. The third-order valence-corrected chi connectivity index (χ3v) is 3.80. The predicted octanol–water partition coefficient (Wildman–Crippen LogP) is 3.62. The molecule has 1 aromatic carbocycles. The van der Waals surface area contributed by atoms with Crippen molar-refractivity contribution in [2.75, 3.05) is 0 Å². The van der Waals surface area contributed by atoms with Crippen LogP contribution in [0.2, 0.25) is 5.02 Å². The molecule has 2 aromatic rings. The molecule has 4 heteroatoms. The van der Waals surface area contributed by atoms with E-state index in [0.29, 0.717) is 6.04 Å². The van der Waals surface area contributed by atoms with E-state index in [9.17, 15) is 0 Å². The molecule has 0 aliphatic rings. The van der Waals surface area contributed by atoms with Gasteiger partial charge >= 0.3 is 0 Å². The maximum atomic E-state index is 6.21. The average Bonchev–Trinajstić information content (AvgIpc) is 2.86. The molecule has 0 saturated carbocycles. The topological polar surface area (TPSA) is 43.8 Å². The molecule has 1 heterocycles. The first-order valence-electron chi connectivity index (χ1n) is 7.12. The summed E-state index contributed by atoms with van der Waals surface area (Å²) in [6.45, 7) is 4.33. The standard InChI is InChI=1S/C16H22ClN3/c1-3-12(2)20-8-7-16(19-20)11-15(18)10-13-5-4-6-14(17)9-13/h4-9,12,15H,3,10-11,18H2,1-2H3. The molecule has 20 heavy (non-hydrogen) atoms. The lowest BCUT2D eigenvalue weighted by Gasteiger charge is -2.11. The largest absolute Gasteiger partial charge is 0.327 e. The Labute approximate surface area is 125 Å². The molecule has 0 saturated heterocycles. The molecule has 2 unspecified atom stereocenters. The van der Waals surface area contributed by atoms with E-state index in [1.165, 1.54) is 5.56 Å².